The molecule has 5 aromatic rings. The van der Waals surface area contributed by atoms with Crippen LogP contribution in [0.4, 0.5) is 0 Å². The van der Waals surface area contributed by atoms with Gasteiger partial charge in [-0.15, -0.1) is 0 Å². The molecule has 0 saturated carbocycles. The van der Waals surface area contributed by atoms with Crippen molar-refractivity contribution in [3.05, 3.63) is 144 Å². The van der Waals surface area contributed by atoms with Crippen molar-refractivity contribution in [3.8, 4) is 34.1 Å². The molecule has 7 nitrogen and oxygen atoms in total. The minimum atomic E-state index is -4.08. The summed E-state index contributed by atoms with van der Waals surface area (Å²) in [7, 11) is -4.08. The Hall–Kier alpha value is -5.31. The highest BCUT2D eigenvalue weighted by Gasteiger charge is 2.53. The van der Waals surface area contributed by atoms with Crippen LogP contribution in [-0.2, 0) is 14.9 Å². The molecule has 1 fully saturated rings. The highest BCUT2D eigenvalue weighted by atomic mass is 32.2. The van der Waals surface area contributed by atoms with Crippen molar-refractivity contribution in [2.24, 2.45) is 0 Å². The minimum Gasteiger partial charge on any atom is -0.508 e. The van der Waals surface area contributed by atoms with Crippen molar-refractivity contribution >= 4 is 33.4 Å². The van der Waals surface area contributed by atoms with E-state index in [9.17, 15) is 23.7 Å². The number of phenols is 3. The summed E-state index contributed by atoms with van der Waals surface area (Å²) in [5.41, 5.74) is 6.81. The van der Waals surface area contributed by atoms with Crippen molar-refractivity contribution < 1.29 is 32.7 Å². The van der Waals surface area contributed by atoms with Crippen LogP contribution >= 0.6 is 0 Å². The molecule has 2 heterocycles. The largest absolute Gasteiger partial charge is 0.508 e. The molecule has 0 aliphatic carbocycles. The molecule has 0 radical (unpaired) electrons. The number of rotatable bonds is 8. The van der Waals surface area contributed by atoms with E-state index in [-0.39, 0.29) is 29.4 Å². The topological polar surface area (TPSA) is 113 Å². The molecule has 0 amide bonds. The Balaban J connectivity index is 1.18. The van der Waals surface area contributed by atoms with Crippen molar-refractivity contribution in [1.29, 1.82) is 0 Å². The normalized spacial score (nSPS) is 19.2. The number of benzene rings is 5. The Morgan fingerprint density at radius 2 is 1.17 bits per heavy atom. The van der Waals surface area contributed by atoms with E-state index in [4.69, 9.17) is 8.92 Å². The number of phenolic OH excluding ortho intramolecular Hbond substituents is 3. The molecule has 5 aromatic carbocycles. The van der Waals surface area contributed by atoms with Gasteiger partial charge in [-0.2, -0.15) is 8.42 Å². The summed E-state index contributed by atoms with van der Waals surface area (Å²) >= 11 is 0. The predicted octanol–water partition coefficient (Wildman–Crippen LogP) is 7.50. The molecular weight excluding hydrogens is 600 g/mol. The predicted molar refractivity (Wildman–Crippen MR) is 179 cm³/mol. The molecule has 7 rings (SSSR count). The van der Waals surface area contributed by atoms with Gasteiger partial charge in [-0.05, 0) is 80.9 Å². The quantitative estimate of drug-likeness (QED) is 0.120. The number of hydrogen-bond acceptors (Lipinski definition) is 7. The summed E-state index contributed by atoms with van der Waals surface area (Å²) in [6.07, 6.45) is 2.66. The van der Waals surface area contributed by atoms with Gasteiger partial charge in [0, 0.05) is 12.5 Å². The highest BCUT2D eigenvalue weighted by Crippen LogP contribution is 2.51. The fraction of sp³-hybridized carbons (Fsp3) is 0.105. The van der Waals surface area contributed by atoms with E-state index in [0.717, 1.165) is 39.0 Å². The first kappa shape index (κ1) is 29.4. The van der Waals surface area contributed by atoms with Crippen molar-refractivity contribution in [3.63, 3.8) is 0 Å². The third-order valence-corrected chi connectivity index (χ3v) is 9.94. The number of hydrogen-bond donors (Lipinski definition) is 3. The zero-order chi connectivity index (χ0) is 31.8. The molecule has 0 aromatic heterocycles. The second-order valence-corrected chi connectivity index (χ2v) is 13.2. The smallest absolute Gasteiger partial charge is 0.315 e. The van der Waals surface area contributed by atoms with Gasteiger partial charge in [-0.25, -0.2) is 0 Å². The Kier molecular flexibility index (Phi) is 7.60. The van der Waals surface area contributed by atoms with Crippen molar-refractivity contribution in [1.82, 2.24) is 0 Å². The zero-order valence-corrected chi connectivity index (χ0v) is 25.3. The average molecular weight is 631 g/mol. The first-order valence-electron chi connectivity index (χ1n) is 14.8. The summed E-state index contributed by atoms with van der Waals surface area (Å²) in [5, 5.41) is 28.5. The van der Waals surface area contributed by atoms with Crippen LogP contribution in [0.2, 0.25) is 0 Å². The molecule has 3 unspecified atom stereocenters. The lowest BCUT2D eigenvalue weighted by Gasteiger charge is -2.25. The number of ether oxygens (including phenoxy) is 1. The van der Waals surface area contributed by atoms with Crippen LogP contribution in [0.3, 0.4) is 0 Å². The lowest BCUT2D eigenvalue weighted by Crippen LogP contribution is -2.35. The van der Waals surface area contributed by atoms with Gasteiger partial charge in [-0.1, -0.05) is 91.0 Å². The fourth-order valence-corrected chi connectivity index (χ4v) is 7.62. The van der Waals surface area contributed by atoms with Crippen LogP contribution in [0.25, 0.3) is 34.4 Å². The standard InChI is InChI=1S/C38H30O7S/c39-30-16-12-28(13-17-30)36-34-23-35(46(42,43)45-33-18-14-27(15-19-33)26-4-2-1-3-5-26)38(44-34)37(36)29-10-8-24(9-11-29)6-7-25-20-31(40)22-32(41)21-25/h1-22,34-35,38-41H,23H2/b7-6+. The monoisotopic (exact) mass is 630 g/mol. The number of fused-ring (bicyclic) bond motifs is 2. The Morgan fingerprint density at radius 1 is 0.609 bits per heavy atom. The van der Waals surface area contributed by atoms with E-state index in [2.05, 4.69) is 0 Å². The van der Waals surface area contributed by atoms with Crippen molar-refractivity contribution in [2.75, 3.05) is 0 Å². The van der Waals surface area contributed by atoms with E-state index in [1.807, 2.05) is 84.9 Å². The molecule has 0 spiro atoms. The summed E-state index contributed by atoms with van der Waals surface area (Å²) in [6.45, 7) is 0. The molecule has 2 aliphatic heterocycles. The summed E-state index contributed by atoms with van der Waals surface area (Å²) in [6, 6.07) is 35.7. The third-order valence-electron chi connectivity index (χ3n) is 8.33. The molecule has 230 valence electrons. The van der Waals surface area contributed by atoms with Gasteiger partial charge in [0.15, 0.2) is 0 Å². The van der Waals surface area contributed by atoms with Gasteiger partial charge in [0.2, 0.25) is 0 Å². The van der Waals surface area contributed by atoms with Gasteiger partial charge in [0.25, 0.3) is 0 Å². The van der Waals surface area contributed by atoms with Crippen LogP contribution < -0.4 is 4.18 Å². The summed E-state index contributed by atoms with van der Waals surface area (Å²) < 4.78 is 39.5. The maximum absolute atomic E-state index is 13.7. The molecular formula is C38H30O7S. The number of aromatic hydroxyl groups is 3. The van der Waals surface area contributed by atoms with Gasteiger partial charge < -0.3 is 24.2 Å². The SMILES string of the molecule is O=S(=O)(Oc1ccc(-c2ccccc2)cc1)C1CC2OC1C(c1ccc(/C=C/c3cc(O)cc(O)c3)cc1)=C2c1ccc(O)cc1. The maximum Gasteiger partial charge on any atom is 0.315 e. The molecule has 46 heavy (non-hydrogen) atoms. The summed E-state index contributed by atoms with van der Waals surface area (Å²) in [4.78, 5) is 0. The second kappa shape index (κ2) is 11.9. The average Bonchev–Trinajstić information content (AvgIpc) is 3.65. The van der Waals surface area contributed by atoms with Gasteiger partial charge >= 0.3 is 10.1 Å². The zero-order valence-electron chi connectivity index (χ0n) is 24.5. The minimum absolute atomic E-state index is 0.0299. The van der Waals surface area contributed by atoms with Crippen LogP contribution in [0.15, 0.2) is 121 Å². The fourth-order valence-electron chi connectivity index (χ4n) is 6.20. The first-order chi connectivity index (χ1) is 22.2. The Morgan fingerprint density at radius 3 is 1.85 bits per heavy atom. The van der Waals surface area contributed by atoms with E-state index >= 15 is 0 Å². The second-order valence-electron chi connectivity index (χ2n) is 11.4. The van der Waals surface area contributed by atoms with Gasteiger partial charge in [0.05, 0.1) is 6.10 Å². The summed E-state index contributed by atoms with van der Waals surface area (Å²) in [5.74, 6) is 0.316. The van der Waals surface area contributed by atoms with Crippen LogP contribution in [-0.4, -0.2) is 41.2 Å². The lowest BCUT2D eigenvalue weighted by molar-refractivity contribution is 0.128. The molecule has 2 bridgehead atoms. The maximum atomic E-state index is 13.7. The van der Waals surface area contributed by atoms with Crippen LogP contribution in [0.5, 0.6) is 23.0 Å². The Bertz CT molecular complexity index is 2030. The van der Waals surface area contributed by atoms with E-state index in [1.165, 1.54) is 6.07 Å². The lowest BCUT2D eigenvalue weighted by atomic mass is 9.83. The molecule has 3 N–H and O–H groups in total. The van der Waals surface area contributed by atoms with E-state index in [1.54, 1.807) is 42.5 Å². The van der Waals surface area contributed by atoms with Gasteiger partial charge in [0.1, 0.15) is 34.4 Å². The van der Waals surface area contributed by atoms with Gasteiger partial charge in [-0.3, -0.25) is 0 Å². The Labute approximate surface area is 267 Å². The molecule has 1 saturated heterocycles. The third kappa shape index (κ3) is 5.88. The molecule has 3 atom stereocenters. The van der Waals surface area contributed by atoms with Crippen LogP contribution in [0, 0.1) is 0 Å². The highest BCUT2D eigenvalue weighted by molar-refractivity contribution is 7.87. The molecule has 8 heteroatoms. The van der Waals surface area contributed by atoms with Crippen LogP contribution in [0.1, 0.15) is 28.7 Å². The van der Waals surface area contributed by atoms with E-state index in [0.29, 0.717) is 5.56 Å². The van der Waals surface area contributed by atoms with E-state index < -0.39 is 27.6 Å². The van der Waals surface area contributed by atoms with Crippen molar-refractivity contribution in [2.45, 2.75) is 23.9 Å². The molecule has 2 aliphatic rings. The first-order valence-corrected chi connectivity index (χ1v) is 16.3.